The van der Waals surface area contributed by atoms with Gasteiger partial charge in [-0.25, -0.2) is 4.79 Å². The summed E-state index contributed by atoms with van der Waals surface area (Å²) in [6.45, 7) is 4.07. The van der Waals surface area contributed by atoms with E-state index in [0.717, 1.165) is 24.2 Å². The molecule has 0 unspecified atom stereocenters. The number of rotatable bonds is 1. The first-order chi connectivity index (χ1) is 6.02. The second kappa shape index (κ2) is 2.34. The van der Waals surface area contributed by atoms with Gasteiger partial charge in [0.05, 0.1) is 0 Å². The van der Waals surface area contributed by atoms with Gasteiger partial charge in [-0.1, -0.05) is 19.0 Å². The standard InChI is InChI=1S/C9H11NO3/c1-9(2)4-3-5-6(8(11)12)10-13-7(5)9/h3-4H2,1-2H3,(H,11,12). The lowest BCUT2D eigenvalue weighted by molar-refractivity contribution is 0.0684. The van der Waals surface area contributed by atoms with Crippen molar-refractivity contribution < 1.29 is 14.4 Å². The van der Waals surface area contributed by atoms with Gasteiger partial charge < -0.3 is 9.63 Å². The second-order valence-electron chi connectivity index (χ2n) is 4.03. The Labute approximate surface area is 75.5 Å². The lowest BCUT2D eigenvalue weighted by Gasteiger charge is -2.13. The number of hydrogen-bond acceptors (Lipinski definition) is 3. The number of carboxylic acids is 1. The number of hydrogen-bond donors (Lipinski definition) is 1. The van der Waals surface area contributed by atoms with Crippen LogP contribution in [0.5, 0.6) is 0 Å². The van der Waals surface area contributed by atoms with Gasteiger partial charge in [0, 0.05) is 11.0 Å². The summed E-state index contributed by atoms with van der Waals surface area (Å²) in [5.41, 5.74) is 0.800. The van der Waals surface area contributed by atoms with E-state index in [2.05, 4.69) is 5.16 Å². The highest BCUT2D eigenvalue weighted by molar-refractivity contribution is 5.87. The van der Waals surface area contributed by atoms with Gasteiger partial charge in [-0.15, -0.1) is 0 Å². The van der Waals surface area contributed by atoms with Crippen LogP contribution in [-0.4, -0.2) is 16.2 Å². The highest BCUT2D eigenvalue weighted by Gasteiger charge is 2.38. The first-order valence-corrected chi connectivity index (χ1v) is 4.25. The summed E-state index contributed by atoms with van der Waals surface area (Å²) in [5.74, 6) is -0.257. The number of aromatic carboxylic acids is 1. The third-order valence-electron chi connectivity index (χ3n) is 2.61. The van der Waals surface area contributed by atoms with Crippen molar-refractivity contribution in [2.24, 2.45) is 0 Å². The van der Waals surface area contributed by atoms with Crippen LogP contribution in [-0.2, 0) is 11.8 Å². The molecule has 1 heterocycles. The molecule has 0 atom stereocenters. The normalized spacial score (nSPS) is 18.6. The predicted molar refractivity (Wildman–Crippen MR) is 44.8 cm³/mol. The summed E-state index contributed by atoms with van der Waals surface area (Å²) >= 11 is 0. The first-order valence-electron chi connectivity index (χ1n) is 4.25. The lowest BCUT2D eigenvalue weighted by atomic mass is 9.92. The smallest absolute Gasteiger partial charge is 0.358 e. The molecule has 0 aromatic carbocycles. The van der Waals surface area contributed by atoms with Crippen molar-refractivity contribution in [3.05, 3.63) is 17.0 Å². The zero-order chi connectivity index (χ0) is 9.64. The molecule has 1 N–H and O–H groups in total. The Morgan fingerprint density at radius 3 is 2.92 bits per heavy atom. The van der Waals surface area contributed by atoms with E-state index in [4.69, 9.17) is 9.63 Å². The maximum atomic E-state index is 10.7. The van der Waals surface area contributed by atoms with Gasteiger partial charge in [0.1, 0.15) is 5.76 Å². The zero-order valence-corrected chi connectivity index (χ0v) is 7.63. The van der Waals surface area contributed by atoms with E-state index < -0.39 is 5.97 Å². The summed E-state index contributed by atoms with van der Waals surface area (Å²) in [6, 6.07) is 0. The monoisotopic (exact) mass is 181 g/mol. The molecule has 4 nitrogen and oxygen atoms in total. The molecule has 1 aliphatic rings. The average Bonchev–Trinajstić information content (AvgIpc) is 2.52. The molecule has 13 heavy (non-hydrogen) atoms. The molecule has 0 spiro atoms. The quantitative estimate of drug-likeness (QED) is 0.714. The van der Waals surface area contributed by atoms with Crippen LogP contribution in [0.4, 0.5) is 0 Å². The zero-order valence-electron chi connectivity index (χ0n) is 7.63. The molecule has 2 rings (SSSR count). The predicted octanol–water partition coefficient (Wildman–Crippen LogP) is 1.60. The Morgan fingerprint density at radius 2 is 2.31 bits per heavy atom. The molecule has 1 aromatic heterocycles. The minimum Gasteiger partial charge on any atom is -0.476 e. The number of carboxylic acid groups (broad SMARTS) is 1. The molecule has 1 aromatic rings. The molecule has 0 radical (unpaired) electrons. The van der Waals surface area contributed by atoms with E-state index in [1.54, 1.807) is 0 Å². The van der Waals surface area contributed by atoms with Crippen molar-refractivity contribution >= 4 is 5.97 Å². The molecule has 70 valence electrons. The van der Waals surface area contributed by atoms with Gasteiger partial charge in [-0.3, -0.25) is 0 Å². The van der Waals surface area contributed by atoms with E-state index >= 15 is 0 Å². The Bertz CT molecular complexity index is 365. The van der Waals surface area contributed by atoms with Crippen LogP contribution in [0.15, 0.2) is 4.52 Å². The molecular formula is C9H11NO3. The van der Waals surface area contributed by atoms with E-state index in [1.807, 2.05) is 13.8 Å². The molecule has 0 bridgehead atoms. The Morgan fingerprint density at radius 1 is 1.62 bits per heavy atom. The topological polar surface area (TPSA) is 63.3 Å². The number of aromatic nitrogens is 1. The molecular weight excluding hydrogens is 170 g/mol. The third kappa shape index (κ3) is 1.05. The lowest BCUT2D eigenvalue weighted by Crippen LogP contribution is -2.10. The minimum absolute atomic E-state index is 0.0595. The summed E-state index contributed by atoms with van der Waals surface area (Å²) < 4.78 is 5.05. The minimum atomic E-state index is -0.997. The van der Waals surface area contributed by atoms with Crippen LogP contribution < -0.4 is 0 Å². The van der Waals surface area contributed by atoms with Crippen molar-refractivity contribution in [1.29, 1.82) is 0 Å². The van der Waals surface area contributed by atoms with Crippen LogP contribution in [0.3, 0.4) is 0 Å². The number of nitrogens with zero attached hydrogens (tertiary/aromatic N) is 1. The molecule has 0 fully saturated rings. The SMILES string of the molecule is CC1(C)CCc2c(C(=O)O)noc21. The summed E-state index contributed by atoms with van der Waals surface area (Å²) in [7, 11) is 0. The van der Waals surface area contributed by atoms with E-state index in [9.17, 15) is 4.79 Å². The van der Waals surface area contributed by atoms with Gasteiger partial charge in [0.25, 0.3) is 0 Å². The summed E-state index contributed by atoms with van der Waals surface area (Å²) in [6.07, 6.45) is 1.69. The van der Waals surface area contributed by atoms with Gasteiger partial charge in [0.2, 0.25) is 0 Å². The van der Waals surface area contributed by atoms with Gasteiger partial charge in [-0.05, 0) is 12.8 Å². The summed E-state index contributed by atoms with van der Waals surface area (Å²) in [4.78, 5) is 10.7. The highest BCUT2D eigenvalue weighted by atomic mass is 16.5. The van der Waals surface area contributed by atoms with Crippen molar-refractivity contribution in [3.8, 4) is 0 Å². The van der Waals surface area contributed by atoms with Crippen LogP contribution >= 0.6 is 0 Å². The highest BCUT2D eigenvalue weighted by Crippen LogP contribution is 2.39. The Hall–Kier alpha value is -1.32. The van der Waals surface area contributed by atoms with Crippen LogP contribution in [0, 0.1) is 0 Å². The second-order valence-corrected chi connectivity index (χ2v) is 4.03. The average molecular weight is 181 g/mol. The van der Waals surface area contributed by atoms with Crippen molar-refractivity contribution in [1.82, 2.24) is 5.16 Å². The van der Waals surface area contributed by atoms with E-state index in [-0.39, 0.29) is 11.1 Å². The maximum absolute atomic E-state index is 10.7. The largest absolute Gasteiger partial charge is 0.476 e. The first kappa shape index (κ1) is 8.29. The van der Waals surface area contributed by atoms with Crippen molar-refractivity contribution in [2.45, 2.75) is 32.1 Å². The molecule has 0 saturated heterocycles. The van der Waals surface area contributed by atoms with E-state index in [0.29, 0.717) is 0 Å². The third-order valence-corrected chi connectivity index (χ3v) is 2.61. The van der Waals surface area contributed by atoms with Gasteiger partial charge >= 0.3 is 5.97 Å². The van der Waals surface area contributed by atoms with E-state index in [1.165, 1.54) is 0 Å². The van der Waals surface area contributed by atoms with Crippen molar-refractivity contribution in [3.63, 3.8) is 0 Å². The Balaban J connectivity index is 2.54. The molecule has 0 aliphatic heterocycles. The van der Waals surface area contributed by atoms with Crippen LogP contribution in [0.25, 0.3) is 0 Å². The van der Waals surface area contributed by atoms with Crippen LogP contribution in [0.2, 0.25) is 0 Å². The molecule has 0 amide bonds. The van der Waals surface area contributed by atoms with Gasteiger partial charge in [0.15, 0.2) is 5.69 Å². The fraction of sp³-hybridized carbons (Fsp3) is 0.556. The van der Waals surface area contributed by atoms with Crippen molar-refractivity contribution in [2.75, 3.05) is 0 Å². The number of fused-ring (bicyclic) bond motifs is 1. The molecule has 0 saturated carbocycles. The molecule has 4 heteroatoms. The fourth-order valence-corrected chi connectivity index (χ4v) is 1.79. The summed E-state index contributed by atoms with van der Waals surface area (Å²) in [5, 5.41) is 12.3. The fourth-order valence-electron chi connectivity index (χ4n) is 1.79. The maximum Gasteiger partial charge on any atom is 0.358 e. The van der Waals surface area contributed by atoms with Gasteiger partial charge in [-0.2, -0.15) is 0 Å². The van der Waals surface area contributed by atoms with Crippen LogP contribution in [0.1, 0.15) is 42.1 Å². The molecule has 1 aliphatic carbocycles. The number of carbonyl (C=O) groups is 1. The Kier molecular flexibility index (Phi) is 1.49.